The Bertz CT molecular complexity index is 420. The Kier molecular flexibility index (Phi) is 4.45. The highest BCUT2D eigenvalue weighted by molar-refractivity contribution is 5.86. The van der Waals surface area contributed by atoms with Crippen molar-refractivity contribution in [2.45, 2.75) is 6.92 Å². The smallest absolute Gasteiger partial charge is 0.354 e. The van der Waals surface area contributed by atoms with Crippen LogP contribution in [0.15, 0.2) is 18.2 Å². The first-order chi connectivity index (χ1) is 8.04. The molecule has 6 heteroatoms. The number of hydrogen-bond donors (Lipinski definition) is 2. The number of carboxylic acids is 1. The number of nitrogens with zero attached hydrogens (tertiary/aromatic N) is 2. The van der Waals surface area contributed by atoms with E-state index in [9.17, 15) is 9.59 Å². The van der Waals surface area contributed by atoms with Crippen LogP contribution in [0, 0.1) is 0 Å². The third kappa shape index (κ3) is 3.75. The van der Waals surface area contributed by atoms with Gasteiger partial charge >= 0.3 is 5.97 Å². The summed E-state index contributed by atoms with van der Waals surface area (Å²) in [6.45, 7) is 2.54. The molecule has 0 atom stereocenters. The lowest BCUT2D eigenvalue weighted by Gasteiger charge is -2.17. The summed E-state index contributed by atoms with van der Waals surface area (Å²) in [7, 11) is 1.68. The van der Waals surface area contributed by atoms with Crippen LogP contribution in [0.25, 0.3) is 0 Å². The van der Waals surface area contributed by atoms with Crippen molar-refractivity contribution in [3.05, 3.63) is 23.9 Å². The molecule has 0 aromatic carbocycles. The fourth-order valence-corrected chi connectivity index (χ4v) is 1.30. The molecule has 1 aromatic heterocycles. The molecule has 1 heterocycles. The SMILES string of the molecule is CCNC(=O)CN(C)c1cccc(C(=O)O)n1. The average Bonchev–Trinajstić information content (AvgIpc) is 2.29. The van der Waals surface area contributed by atoms with E-state index in [1.807, 2.05) is 6.92 Å². The lowest BCUT2D eigenvalue weighted by atomic mass is 10.3. The topological polar surface area (TPSA) is 82.5 Å². The highest BCUT2D eigenvalue weighted by Crippen LogP contribution is 2.09. The van der Waals surface area contributed by atoms with E-state index in [1.54, 1.807) is 24.1 Å². The summed E-state index contributed by atoms with van der Waals surface area (Å²) in [6.07, 6.45) is 0. The van der Waals surface area contributed by atoms with Crippen molar-refractivity contribution in [1.82, 2.24) is 10.3 Å². The number of nitrogens with one attached hydrogen (secondary N) is 1. The van der Waals surface area contributed by atoms with Crippen LogP contribution >= 0.6 is 0 Å². The number of aromatic carboxylic acids is 1. The first kappa shape index (κ1) is 13.0. The molecule has 0 saturated carbocycles. The van der Waals surface area contributed by atoms with E-state index in [0.717, 1.165) is 0 Å². The predicted octanol–water partition coefficient (Wildman–Crippen LogP) is 0.352. The Hall–Kier alpha value is -2.11. The Morgan fingerprint density at radius 2 is 2.18 bits per heavy atom. The molecule has 92 valence electrons. The molecule has 0 fully saturated rings. The summed E-state index contributed by atoms with van der Waals surface area (Å²) < 4.78 is 0. The van der Waals surface area contributed by atoms with E-state index < -0.39 is 5.97 Å². The zero-order valence-electron chi connectivity index (χ0n) is 9.80. The van der Waals surface area contributed by atoms with Crippen LogP contribution < -0.4 is 10.2 Å². The Balaban J connectivity index is 2.75. The maximum atomic E-state index is 11.3. The number of rotatable bonds is 5. The van der Waals surface area contributed by atoms with Gasteiger partial charge in [-0.25, -0.2) is 9.78 Å². The third-order valence-electron chi connectivity index (χ3n) is 2.10. The van der Waals surface area contributed by atoms with Crippen LogP contribution in [0.3, 0.4) is 0 Å². The van der Waals surface area contributed by atoms with Gasteiger partial charge in [0.1, 0.15) is 5.82 Å². The predicted molar refractivity (Wildman–Crippen MR) is 63.2 cm³/mol. The summed E-state index contributed by atoms with van der Waals surface area (Å²) in [6, 6.07) is 4.66. The molecule has 0 aliphatic heterocycles. The van der Waals surface area contributed by atoms with Crippen LogP contribution in [-0.2, 0) is 4.79 Å². The minimum absolute atomic E-state index is 0.0368. The molecule has 0 saturated heterocycles. The molecule has 17 heavy (non-hydrogen) atoms. The zero-order valence-corrected chi connectivity index (χ0v) is 9.80. The second-order valence-corrected chi connectivity index (χ2v) is 3.50. The minimum Gasteiger partial charge on any atom is -0.477 e. The van der Waals surface area contributed by atoms with Crippen molar-refractivity contribution in [3.8, 4) is 0 Å². The van der Waals surface area contributed by atoms with E-state index >= 15 is 0 Å². The summed E-state index contributed by atoms with van der Waals surface area (Å²) in [5.41, 5.74) is -0.0368. The summed E-state index contributed by atoms with van der Waals surface area (Å²) in [5.74, 6) is -0.757. The number of hydrogen-bond acceptors (Lipinski definition) is 4. The van der Waals surface area contributed by atoms with E-state index in [1.165, 1.54) is 6.07 Å². The molecule has 0 unspecified atom stereocenters. The number of amides is 1. The maximum Gasteiger partial charge on any atom is 0.354 e. The van der Waals surface area contributed by atoms with Gasteiger partial charge in [0.15, 0.2) is 5.69 Å². The highest BCUT2D eigenvalue weighted by atomic mass is 16.4. The van der Waals surface area contributed by atoms with Gasteiger partial charge in [0.05, 0.1) is 6.54 Å². The fourth-order valence-electron chi connectivity index (χ4n) is 1.30. The standard InChI is InChI=1S/C11H15N3O3/c1-3-12-10(15)7-14(2)9-6-4-5-8(13-9)11(16)17/h4-6H,3,7H2,1-2H3,(H,12,15)(H,16,17). The van der Waals surface area contributed by atoms with Crippen molar-refractivity contribution >= 4 is 17.7 Å². The molecule has 0 bridgehead atoms. The lowest BCUT2D eigenvalue weighted by Crippen LogP contribution is -2.35. The number of anilines is 1. The molecule has 0 aliphatic carbocycles. The summed E-state index contributed by atoms with van der Waals surface area (Å²) >= 11 is 0. The van der Waals surface area contributed by atoms with Crippen LogP contribution in [0.1, 0.15) is 17.4 Å². The number of carbonyl (C=O) groups is 2. The zero-order chi connectivity index (χ0) is 12.8. The molecular formula is C11H15N3O3. The lowest BCUT2D eigenvalue weighted by molar-refractivity contribution is -0.119. The number of likely N-dealkylation sites (N-methyl/N-ethyl adjacent to an activating group) is 2. The molecule has 0 radical (unpaired) electrons. The maximum absolute atomic E-state index is 11.3. The minimum atomic E-state index is -1.08. The van der Waals surface area contributed by atoms with Crippen LogP contribution in [-0.4, -0.2) is 42.1 Å². The Morgan fingerprint density at radius 3 is 2.76 bits per heavy atom. The molecule has 1 aromatic rings. The van der Waals surface area contributed by atoms with Crippen molar-refractivity contribution in [3.63, 3.8) is 0 Å². The second-order valence-electron chi connectivity index (χ2n) is 3.50. The van der Waals surface area contributed by atoms with Gasteiger partial charge in [-0.1, -0.05) is 6.07 Å². The molecule has 0 aliphatic rings. The molecule has 6 nitrogen and oxygen atoms in total. The van der Waals surface area contributed by atoms with Gasteiger partial charge in [-0.3, -0.25) is 4.79 Å². The average molecular weight is 237 g/mol. The van der Waals surface area contributed by atoms with Gasteiger partial charge < -0.3 is 15.3 Å². The third-order valence-corrected chi connectivity index (χ3v) is 2.10. The van der Waals surface area contributed by atoms with Crippen LogP contribution in [0.5, 0.6) is 0 Å². The van der Waals surface area contributed by atoms with Crippen molar-refractivity contribution in [1.29, 1.82) is 0 Å². The van der Waals surface area contributed by atoms with E-state index in [0.29, 0.717) is 12.4 Å². The van der Waals surface area contributed by atoms with E-state index in [-0.39, 0.29) is 18.1 Å². The van der Waals surface area contributed by atoms with Gasteiger partial charge in [-0.2, -0.15) is 0 Å². The van der Waals surface area contributed by atoms with Gasteiger partial charge in [0.25, 0.3) is 0 Å². The monoisotopic (exact) mass is 237 g/mol. The van der Waals surface area contributed by atoms with Gasteiger partial charge in [-0.15, -0.1) is 0 Å². The summed E-state index contributed by atoms with van der Waals surface area (Å²) in [4.78, 5) is 27.6. The normalized spacial score (nSPS) is 9.76. The molecule has 1 amide bonds. The number of carbonyl (C=O) groups excluding carboxylic acids is 1. The summed E-state index contributed by atoms with van der Waals surface area (Å²) in [5, 5.41) is 11.5. The van der Waals surface area contributed by atoms with Crippen molar-refractivity contribution in [2.24, 2.45) is 0 Å². The first-order valence-corrected chi connectivity index (χ1v) is 5.22. The molecule has 2 N–H and O–H groups in total. The van der Waals surface area contributed by atoms with Crippen LogP contribution in [0.2, 0.25) is 0 Å². The Labute approximate surface area is 99.3 Å². The first-order valence-electron chi connectivity index (χ1n) is 5.22. The van der Waals surface area contributed by atoms with Gasteiger partial charge in [0, 0.05) is 13.6 Å². The molecule has 1 rings (SSSR count). The van der Waals surface area contributed by atoms with E-state index in [2.05, 4.69) is 10.3 Å². The Morgan fingerprint density at radius 1 is 1.47 bits per heavy atom. The van der Waals surface area contributed by atoms with Gasteiger partial charge in [0.2, 0.25) is 5.91 Å². The molecule has 0 spiro atoms. The largest absolute Gasteiger partial charge is 0.477 e. The highest BCUT2D eigenvalue weighted by Gasteiger charge is 2.10. The quantitative estimate of drug-likeness (QED) is 0.772. The van der Waals surface area contributed by atoms with E-state index in [4.69, 9.17) is 5.11 Å². The fraction of sp³-hybridized carbons (Fsp3) is 0.364. The number of aromatic nitrogens is 1. The van der Waals surface area contributed by atoms with Gasteiger partial charge in [-0.05, 0) is 19.1 Å². The van der Waals surface area contributed by atoms with Crippen LogP contribution in [0.4, 0.5) is 5.82 Å². The number of carboxylic acid groups (broad SMARTS) is 1. The second kappa shape index (κ2) is 5.83. The number of pyridine rings is 1. The molecular weight excluding hydrogens is 222 g/mol. The van der Waals surface area contributed by atoms with Crippen molar-refractivity contribution in [2.75, 3.05) is 25.0 Å². The van der Waals surface area contributed by atoms with Crippen molar-refractivity contribution < 1.29 is 14.7 Å².